The Bertz CT molecular complexity index is 282. The molecule has 6 heteroatoms. The number of carbonyl (C=O) groups excluding carboxylic acids is 2. The first-order chi connectivity index (χ1) is 8.67. The average Bonchev–Trinajstić information content (AvgIpc) is 2.37. The Morgan fingerprint density at radius 3 is 2.33 bits per heavy atom. The quantitative estimate of drug-likeness (QED) is 0.325. The maximum atomic E-state index is 11.7. The highest BCUT2D eigenvalue weighted by Crippen LogP contribution is 1.91. The van der Waals surface area contributed by atoms with Crippen LogP contribution in [-0.4, -0.2) is 61.3 Å². The molecular weight excluding hydrogens is 236 g/mol. The molecule has 18 heavy (non-hydrogen) atoms. The third kappa shape index (κ3) is 6.82. The first kappa shape index (κ1) is 16.3. The van der Waals surface area contributed by atoms with Gasteiger partial charge in [0.05, 0.1) is 19.8 Å². The molecule has 2 N–H and O–H groups in total. The lowest BCUT2D eigenvalue weighted by Gasteiger charge is -2.18. The van der Waals surface area contributed by atoms with Gasteiger partial charge in [0.15, 0.2) is 0 Å². The molecule has 0 unspecified atom stereocenters. The van der Waals surface area contributed by atoms with Gasteiger partial charge in [0.25, 0.3) is 0 Å². The fourth-order valence-corrected chi connectivity index (χ4v) is 1.17. The lowest BCUT2D eigenvalue weighted by molar-refractivity contribution is -0.145. The van der Waals surface area contributed by atoms with Gasteiger partial charge in [-0.15, -0.1) is 13.2 Å². The van der Waals surface area contributed by atoms with Gasteiger partial charge in [-0.2, -0.15) is 0 Å². The van der Waals surface area contributed by atoms with E-state index in [1.165, 1.54) is 4.90 Å². The lowest BCUT2D eigenvalue weighted by Crippen LogP contribution is -2.44. The van der Waals surface area contributed by atoms with E-state index < -0.39 is 11.8 Å². The van der Waals surface area contributed by atoms with Gasteiger partial charge < -0.3 is 20.1 Å². The molecule has 0 aromatic carbocycles. The topological polar surface area (TPSA) is 78.9 Å². The minimum atomic E-state index is -0.689. The van der Waals surface area contributed by atoms with Crippen LogP contribution in [0.15, 0.2) is 25.3 Å². The van der Waals surface area contributed by atoms with Crippen LogP contribution in [0.25, 0.3) is 0 Å². The lowest BCUT2D eigenvalue weighted by atomic mass is 10.4. The molecule has 0 aromatic heterocycles. The first-order valence-electron chi connectivity index (χ1n) is 5.64. The molecule has 0 saturated heterocycles. The van der Waals surface area contributed by atoms with Gasteiger partial charge in [0.1, 0.15) is 0 Å². The molecule has 102 valence electrons. The average molecular weight is 256 g/mol. The van der Waals surface area contributed by atoms with Crippen molar-refractivity contribution in [3.05, 3.63) is 25.3 Å². The van der Waals surface area contributed by atoms with Crippen molar-refractivity contribution in [3.8, 4) is 0 Å². The number of hydrogen-bond donors (Lipinski definition) is 2. The zero-order valence-corrected chi connectivity index (χ0v) is 10.4. The number of nitrogens with zero attached hydrogens (tertiary/aromatic N) is 1. The van der Waals surface area contributed by atoms with E-state index in [0.717, 1.165) is 0 Å². The molecule has 0 aliphatic rings. The molecule has 0 aliphatic heterocycles. The third-order valence-electron chi connectivity index (χ3n) is 1.95. The Morgan fingerprint density at radius 1 is 1.22 bits per heavy atom. The summed E-state index contributed by atoms with van der Waals surface area (Å²) in [4.78, 5) is 24.5. The second kappa shape index (κ2) is 10.5. The van der Waals surface area contributed by atoms with Crippen LogP contribution in [-0.2, 0) is 14.3 Å². The summed E-state index contributed by atoms with van der Waals surface area (Å²) >= 11 is 0. The van der Waals surface area contributed by atoms with Crippen molar-refractivity contribution in [3.63, 3.8) is 0 Å². The van der Waals surface area contributed by atoms with Gasteiger partial charge in [-0.25, -0.2) is 0 Å². The van der Waals surface area contributed by atoms with Crippen LogP contribution in [0, 0.1) is 0 Å². The molecule has 0 atom stereocenters. The zero-order chi connectivity index (χ0) is 13.8. The van der Waals surface area contributed by atoms with E-state index in [0.29, 0.717) is 13.1 Å². The molecule has 0 saturated carbocycles. The van der Waals surface area contributed by atoms with Gasteiger partial charge >= 0.3 is 11.8 Å². The highest BCUT2D eigenvalue weighted by atomic mass is 16.5. The summed E-state index contributed by atoms with van der Waals surface area (Å²) in [6, 6.07) is 0. The second-order valence-corrected chi connectivity index (χ2v) is 3.38. The molecule has 0 heterocycles. The number of aliphatic hydroxyl groups is 1. The SMILES string of the molecule is C=CCN(CC=C)C(=O)C(=O)NCCOCCO. The number of hydrogen-bond acceptors (Lipinski definition) is 4. The summed E-state index contributed by atoms with van der Waals surface area (Å²) in [6.45, 7) is 8.23. The van der Waals surface area contributed by atoms with Gasteiger partial charge in [0.2, 0.25) is 0 Å². The van der Waals surface area contributed by atoms with Crippen molar-refractivity contribution in [2.75, 3.05) is 39.5 Å². The highest BCUT2D eigenvalue weighted by molar-refractivity contribution is 6.35. The number of rotatable bonds is 9. The third-order valence-corrected chi connectivity index (χ3v) is 1.95. The Labute approximate surface area is 107 Å². The van der Waals surface area contributed by atoms with E-state index in [1.54, 1.807) is 12.2 Å². The van der Waals surface area contributed by atoms with Crippen LogP contribution in [0.1, 0.15) is 0 Å². The molecule has 0 radical (unpaired) electrons. The fourth-order valence-electron chi connectivity index (χ4n) is 1.17. The highest BCUT2D eigenvalue weighted by Gasteiger charge is 2.19. The second-order valence-electron chi connectivity index (χ2n) is 3.38. The molecule has 6 nitrogen and oxygen atoms in total. The van der Waals surface area contributed by atoms with Crippen molar-refractivity contribution in [2.45, 2.75) is 0 Å². The van der Waals surface area contributed by atoms with E-state index in [-0.39, 0.29) is 26.4 Å². The molecule has 0 spiro atoms. The van der Waals surface area contributed by atoms with Crippen molar-refractivity contribution >= 4 is 11.8 Å². The van der Waals surface area contributed by atoms with Crippen LogP contribution in [0.4, 0.5) is 0 Å². The van der Waals surface area contributed by atoms with Crippen molar-refractivity contribution in [1.82, 2.24) is 10.2 Å². The Balaban J connectivity index is 4.01. The number of ether oxygens (including phenoxy) is 1. The molecule has 0 bridgehead atoms. The van der Waals surface area contributed by atoms with Crippen LogP contribution in [0.3, 0.4) is 0 Å². The summed E-state index contributed by atoms with van der Waals surface area (Å²) in [7, 11) is 0. The van der Waals surface area contributed by atoms with E-state index in [4.69, 9.17) is 9.84 Å². The van der Waals surface area contributed by atoms with E-state index >= 15 is 0 Å². The number of carbonyl (C=O) groups is 2. The van der Waals surface area contributed by atoms with E-state index in [9.17, 15) is 9.59 Å². The Kier molecular flexibility index (Phi) is 9.52. The summed E-state index contributed by atoms with van der Waals surface area (Å²) in [5, 5.41) is 10.9. The van der Waals surface area contributed by atoms with E-state index in [1.807, 2.05) is 0 Å². The molecular formula is C12H20N2O4. The van der Waals surface area contributed by atoms with Crippen LogP contribution in [0.2, 0.25) is 0 Å². The molecule has 0 rings (SSSR count). The van der Waals surface area contributed by atoms with Crippen molar-refractivity contribution in [1.29, 1.82) is 0 Å². The summed E-state index contributed by atoms with van der Waals surface area (Å²) < 4.78 is 4.95. The van der Waals surface area contributed by atoms with Crippen LogP contribution >= 0.6 is 0 Å². The maximum absolute atomic E-state index is 11.7. The number of amides is 2. The molecule has 0 fully saturated rings. The Morgan fingerprint density at radius 2 is 1.83 bits per heavy atom. The first-order valence-corrected chi connectivity index (χ1v) is 5.64. The smallest absolute Gasteiger partial charge is 0.312 e. The van der Waals surface area contributed by atoms with Gasteiger partial charge in [-0.1, -0.05) is 12.2 Å². The van der Waals surface area contributed by atoms with Gasteiger partial charge in [-0.3, -0.25) is 9.59 Å². The van der Waals surface area contributed by atoms with Crippen LogP contribution in [0.5, 0.6) is 0 Å². The molecule has 0 aliphatic carbocycles. The predicted octanol–water partition coefficient (Wildman–Crippen LogP) is -0.688. The predicted molar refractivity (Wildman–Crippen MR) is 67.9 cm³/mol. The molecule has 0 aromatic rings. The summed E-state index contributed by atoms with van der Waals surface area (Å²) in [5.74, 6) is -1.32. The van der Waals surface area contributed by atoms with Crippen molar-refractivity contribution < 1.29 is 19.4 Å². The van der Waals surface area contributed by atoms with E-state index in [2.05, 4.69) is 18.5 Å². The monoisotopic (exact) mass is 256 g/mol. The zero-order valence-electron chi connectivity index (χ0n) is 10.4. The minimum absolute atomic E-state index is 0.0701. The van der Waals surface area contributed by atoms with Gasteiger partial charge in [0, 0.05) is 19.6 Å². The Hall–Kier alpha value is -1.66. The van der Waals surface area contributed by atoms with Crippen molar-refractivity contribution in [2.24, 2.45) is 0 Å². The minimum Gasteiger partial charge on any atom is -0.394 e. The normalized spacial score (nSPS) is 9.61. The number of nitrogens with one attached hydrogen (secondary N) is 1. The van der Waals surface area contributed by atoms with Crippen LogP contribution < -0.4 is 5.32 Å². The fraction of sp³-hybridized carbons (Fsp3) is 0.500. The largest absolute Gasteiger partial charge is 0.394 e. The summed E-state index contributed by atoms with van der Waals surface area (Å²) in [6.07, 6.45) is 3.08. The number of aliphatic hydroxyl groups excluding tert-OH is 1. The standard InChI is InChI=1S/C12H20N2O4/c1-3-6-14(7-4-2)12(17)11(16)13-5-9-18-10-8-15/h3-4,15H,1-2,5-10H2,(H,13,16). The maximum Gasteiger partial charge on any atom is 0.312 e. The van der Waals surface area contributed by atoms with Gasteiger partial charge in [-0.05, 0) is 0 Å². The molecule has 2 amide bonds. The summed E-state index contributed by atoms with van der Waals surface area (Å²) in [5.41, 5.74) is 0.